The summed E-state index contributed by atoms with van der Waals surface area (Å²) in [4.78, 5) is 0. The minimum absolute atomic E-state index is 0.159. The molecule has 16 heavy (non-hydrogen) atoms. The van der Waals surface area contributed by atoms with Crippen molar-refractivity contribution in [3.63, 3.8) is 0 Å². The van der Waals surface area contributed by atoms with Crippen molar-refractivity contribution in [1.29, 1.82) is 0 Å². The quantitative estimate of drug-likeness (QED) is 0.733. The molecule has 0 bridgehead atoms. The molecule has 0 amide bonds. The fourth-order valence-corrected chi connectivity index (χ4v) is 1.90. The van der Waals surface area contributed by atoms with Crippen molar-refractivity contribution >= 4 is 0 Å². The zero-order valence-corrected chi connectivity index (χ0v) is 10.3. The van der Waals surface area contributed by atoms with E-state index >= 15 is 0 Å². The summed E-state index contributed by atoms with van der Waals surface area (Å²) in [6, 6.07) is 5.09. The van der Waals surface area contributed by atoms with Gasteiger partial charge >= 0.3 is 0 Å². The molecule has 2 N–H and O–H groups in total. The lowest BCUT2D eigenvalue weighted by Crippen LogP contribution is -2.23. The van der Waals surface area contributed by atoms with Crippen molar-refractivity contribution in [1.82, 2.24) is 0 Å². The first-order valence-corrected chi connectivity index (χ1v) is 6.14. The van der Waals surface area contributed by atoms with Gasteiger partial charge in [-0.3, -0.25) is 0 Å². The van der Waals surface area contributed by atoms with Crippen LogP contribution in [-0.4, -0.2) is 6.04 Å². The highest BCUT2D eigenvalue weighted by atomic mass is 19.1. The summed E-state index contributed by atoms with van der Waals surface area (Å²) in [7, 11) is 0. The Bertz CT molecular complexity index is 323. The molecule has 90 valence electrons. The van der Waals surface area contributed by atoms with E-state index in [1.54, 1.807) is 6.07 Å². The number of unbranched alkanes of at least 4 members (excludes halogenated alkanes) is 2. The largest absolute Gasteiger partial charge is 0.327 e. The van der Waals surface area contributed by atoms with E-state index in [1.165, 1.54) is 25.3 Å². The third kappa shape index (κ3) is 4.31. The minimum atomic E-state index is -0.165. The molecule has 1 atom stereocenters. The van der Waals surface area contributed by atoms with Gasteiger partial charge in [0.2, 0.25) is 0 Å². The van der Waals surface area contributed by atoms with Gasteiger partial charge in [-0.15, -0.1) is 0 Å². The SMILES string of the molecule is CCCCCC(N)Cc1cc(F)ccc1C. The highest BCUT2D eigenvalue weighted by Crippen LogP contribution is 2.14. The number of hydrogen-bond acceptors (Lipinski definition) is 1. The Kier molecular flexibility index (Phi) is 5.47. The predicted octanol–water partition coefficient (Wildman–Crippen LogP) is 3.58. The standard InChI is InChI=1S/C14H22FN/c1-3-4-5-6-14(16)10-12-9-13(15)8-7-11(12)2/h7-9,14H,3-6,10,16H2,1-2H3. The van der Waals surface area contributed by atoms with Crippen LogP contribution in [0.3, 0.4) is 0 Å². The molecule has 0 aromatic heterocycles. The van der Waals surface area contributed by atoms with Gasteiger partial charge in [0, 0.05) is 6.04 Å². The summed E-state index contributed by atoms with van der Waals surface area (Å²) in [5.41, 5.74) is 8.22. The van der Waals surface area contributed by atoms with Gasteiger partial charge in [-0.2, -0.15) is 0 Å². The smallest absolute Gasteiger partial charge is 0.123 e. The number of hydrogen-bond donors (Lipinski definition) is 1. The van der Waals surface area contributed by atoms with Gasteiger partial charge in [-0.25, -0.2) is 4.39 Å². The number of aryl methyl sites for hydroxylation is 1. The van der Waals surface area contributed by atoms with Gasteiger partial charge in [0.05, 0.1) is 0 Å². The van der Waals surface area contributed by atoms with Gasteiger partial charge in [0.25, 0.3) is 0 Å². The maximum absolute atomic E-state index is 13.1. The summed E-state index contributed by atoms with van der Waals surface area (Å²) in [5.74, 6) is -0.165. The average molecular weight is 223 g/mol. The monoisotopic (exact) mass is 223 g/mol. The Morgan fingerprint density at radius 1 is 1.31 bits per heavy atom. The Morgan fingerprint density at radius 2 is 2.06 bits per heavy atom. The van der Waals surface area contributed by atoms with Gasteiger partial charge in [-0.1, -0.05) is 32.3 Å². The van der Waals surface area contributed by atoms with Crippen LogP contribution in [0, 0.1) is 12.7 Å². The average Bonchev–Trinajstić information content (AvgIpc) is 2.24. The lowest BCUT2D eigenvalue weighted by Gasteiger charge is -2.13. The zero-order valence-electron chi connectivity index (χ0n) is 10.3. The van der Waals surface area contributed by atoms with E-state index in [0.29, 0.717) is 0 Å². The van der Waals surface area contributed by atoms with E-state index in [0.717, 1.165) is 24.0 Å². The fourth-order valence-electron chi connectivity index (χ4n) is 1.90. The van der Waals surface area contributed by atoms with E-state index in [9.17, 15) is 4.39 Å². The van der Waals surface area contributed by atoms with Gasteiger partial charge < -0.3 is 5.73 Å². The molecule has 2 heteroatoms. The molecule has 0 spiro atoms. The van der Waals surface area contributed by atoms with Crippen LogP contribution in [0.15, 0.2) is 18.2 Å². The topological polar surface area (TPSA) is 26.0 Å². The van der Waals surface area contributed by atoms with E-state index in [1.807, 2.05) is 13.0 Å². The van der Waals surface area contributed by atoms with Crippen LogP contribution in [0.1, 0.15) is 43.7 Å². The van der Waals surface area contributed by atoms with E-state index < -0.39 is 0 Å². The molecular weight excluding hydrogens is 201 g/mol. The molecule has 0 fully saturated rings. The molecule has 0 heterocycles. The predicted molar refractivity (Wildman–Crippen MR) is 67.0 cm³/mol. The summed E-state index contributed by atoms with van der Waals surface area (Å²) in [5, 5.41) is 0. The lowest BCUT2D eigenvalue weighted by molar-refractivity contribution is 0.553. The molecule has 0 aliphatic rings. The number of rotatable bonds is 6. The molecular formula is C14H22FN. The summed E-state index contributed by atoms with van der Waals surface area (Å²) in [6.45, 7) is 4.19. The van der Waals surface area contributed by atoms with Crippen LogP contribution in [0.25, 0.3) is 0 Å². The second-order valence-corrected chi connectivity index (χ2v) is 4.53. The number of halogens is 1. The van der Waals surface area contributed by atoms with Crippen LogP contribution in [-0.2, 0) is 6.42 Å². The summed E-state index contributed by atoms with van der Waals surface area (Å²) < 4.78 is 13.1. The first kappa shape index (κ1) is 13.2. The summed E-state index contributed by atoms with van der Waals surface area (Å²) in [6.07, 6.45) is 5.44. The molecule has 1 unspecified atom stereocenters. The third-order valence-corrected chi connectivity index (χ3v) is 2.97. The van der Waals surface area contributed by atoms with Crippen molar-refractivity contribution in [3.8, 4) is 0 Å². The Hall–Kier alpha value is -0.890. The molecule has 1 rings (SSSR count). The molecule has 0 saturated carbocycles. The second kappa shape index (κ2) is 6.64. The highest BCUT2D eigenvalue weighted by Gasteiger charge is 2.07. The van der Waals surface area contributed by atoms with Crippen molar-refractivity contribution in [2.45, 2.75) is 52.0 Å². The van der Waals surface area contributed by atoms with Crippen molar-refractivity contribution < 1.29 is 4.39 Å². The Labute approximate surface area is 97.9 Å². The first-order chi connectivity index (χ1) is 7.63. The van der Waals surface area contributed by atoms with Crippen LogP contribution < -0.4 is 5.73 Å². The van der Waals surface area contributed by atoms with Crippen LogP contribution in [0.4, 0.5) is 4.39 Å². The lowest BCUT2D eigenvalue weighted by atomic mass is 9.98. The van der Waals surface area contributed by atoms with Crippen molar-refractivity contribution in [2.75, 3.05) is 0 Å². The van der Waals surface area contributed by atoms with E-state index in [4.69, 9.17) is 5.73 Å². The maximum atomic E-state index is 13.1. The van der Waals surface area contributed by atoms with E-state index in [-0.39, 0.29) is 11.9 Å². The van der Waals surface area contributed by atoms with Crippen molar-refractivity contribution in [2.24, 2.45) is 5.73 Å². The second-order valence-electron chi connectivity index (χ2n) is 4.53. The molecule has 1 nitrogen and oxygen atoms in total. The molecule has 0 aliphatic heterocycles. The summed E-state index contributed by atoms with van der Waals surface area (Å²) >= 11 is 0. The Morgan fingerprint density at radius 3 is 2.75 bits per heavy atom. The normalized spacial score (nSPS) is 12.8. The molecule has 0 radical (unpaired) electrons. The maximum Gasteiger partial charge on any atom is 0.123 e. The van der Waals surface area contributed by atoms with Gasteiger partial charge in [0.15, 0.2) is 0 Å². The fraction of sp³-hybridized carbons (Fsp3) is 0.571. The molecule has 0 saturated heterocycles. The number of benzene rings is 1. The zero-order chi connectivity index (χ0) is 12.0. The van der Waals surface area contributed by atoms with Crippen molar-refractivity contribution in [3.05, 3.63) is 35.1 Å². The van der Waals surface area contributed by atoms with Crippen LogP contribution >= 0.6 is 0 Å². The highest BCUT2D eigenvalue weighted by molar-refractivity contribution is 5.27. The Balaban J connectivity index is 2.48. The minimum Gasteiger partial charge on any atom is -0.327 e. The third-order valence-electron chi connectivity index (χ3n) is 2.97. The molecule has 1 aromatic carbocycles. The van der Waals surface area contributed by atoms with Gasteiger partial charge in [-0.05, 0) is 43.0 Å². The van der Waals surface area contributed by atoms with Crippen LogP contribution in [0.5, 0.6) is 0 Å². The molecule has 1 aromatic rings. The van der Waals surface area contributed by atoms with Crippen LogP contribution in [0.2, 0.25) is 0 Å². The van der Waals surface area contributed by atoms with E-state index in [2.05, 4.69) is 6.92 Å². The number of nitrogens with two attached hydrogens (primary N) is 1. The first-order valence-electron chi connectivity index (χ1n) is 6.14. The van der Waals surface area contributed by atoms with Gasteiger partial charge in [0.1, 0.15) is 5.82 Å². The molecule has 0 aliphatic carbocycles.